The molecule has 0 fully saturated rings. The van der Waals surface area contributed by atoms with Crippen LogP contribution >= 0.6 is 0 Å². The van der Waals surface area contributed by atoms with Crippen molar-refractivity contribution in [2.75, 3.05) is 18.5 Å². The molecule has 0 saturated carbocycles. The number of nitrogens with two attached hydrogens (primary N) is 1. The van der Waals surface area contributed by atoms with E-state index in [9.17, 15) is 18.0 Å². The Morgan fingerprint density at radius 2 is 2.00 bits per heavy atom. The van der Waals surface area contributed by atoms with Gasteiger partial charge in [0.15, 0.2) is 0 Å². The van der Waals surface area contributed by atoms with Crippen molar-refractivity contribution >= 4 is 5.82 Å². The van der Waals surface area contributed by atoms with Gasteiger partial charge in [-0.3, -0.25) is 9.36 Å². The quantitative estimate of drug-likeness (QED) is 0.849. The predicted octanol–water partition coefficient (Wildman–Crippen LogP) is 1.73. The van der Waals surface area contributed by atoms with Crippen LogP contribution in [0.4, 0.5) is 19.0 Å². The molecule has 4 nitrogen and oxygen atoms in total. The lowest BCUT2D eigenvalue weighted by atomic mass is 10.0. The third-order valence-electron chi connectivity index (χ3n) is 3.32. The fraction of sp³-hybridized carbons (Fsp3) is 0.583. The van der Waals surface area contributed by atoms with Gasteiger partial charge >= 0.3 is 6.18 Å². The first-order chi connectivity index (χ1) is 8.73. The summed E-state index contributed by atoms with van der Waals surface area (Å²) in [6, 6.07) is -0.138. The zero-order chi connectivity index (χ0) is 14.4. The number of alkyl halides is 3. The summed E-state index contributed by atoms with van der Waals surface area (Å²) in [4.78, 5) is 13.5. The minimum atomic E-state index is -4.57. The molecule has 0 radical (unpaired) electrons. The standard InChI is InChI=1S/C12H16F3N3O/c1-7(16)10-8(12(13,14)15)6-9(19)18-5-3-4-17(2)11(10)18/h6-7H,3-5,16H2,1-2H3. The molecule has 0 bridgehead atoms. The molecule has 19 heavy (non-hydrogen) atoms. The molecule has 0 saturated heterocycles. The monoisotopic (exact) mass is 275 g/mol. The molecule has 1 atom stereocenters. The van der Waals surface area contributed by atoms with Crippen molar-refractivity contribution in [1.29, 1.82) is 0 Å². The SMILES string of the molecule is CC(N)c1c(C(F)(F)F)cc(=O)n2c1N(C)CCC2. The van der Waals surface area contributed by atoms with E-state index in [0.717, 1.165) is 6.42 Å². The van der Waals surface area contributed by atoms with E-state index in [1.807, 2.05) is 0 Å². The maximum atomic E-state index is 13.1. The molecule has 2 heterocycles. The molecule has 0 amide bonds. The lowest BCUT2D eigenvalue weighted by Gasteiger charge is -2.33. The van der Waals surface area contributed by atoms with Gasteiger partial charge in [0, 0.05) is 37.8 Å². The number of hydrogen-bond acceptors (Lipinski definition) is 3. The van der Waals surface area contributed by atoms with Crippen molar-refractivity contribution in [3.05, 3.63) is 27.5 Å². The Labute approximate surface area is 108 Å². The van der Waals surface area contributed by atoms with Crippen molar-refractivity contribution in [2.24, 2.45) is 5.73 Å². The summed E-state index contributed by atoms with van der Waals surface area (Å²) in [5.74, 6) is 0.293. The Morgan fingerprint density at radius 1 is 1.37 bits per heavy atom. The molecular formula is C12H16F3N3O. The lowest BCUT2D eigenvalue weighted by Crippen LogP contribution is -2.38. The number of anilines is 1. The van der Waals surface area contributed by atoms with Crippen LogP contribution in [0.5, 0.6) is 0 Å². The summed E-state index contributed by atoms with van der Waals surface area (Å²) in [6.45, 7) is 2.54. The predicted molar refractivity (Wildman–Crippen MR) is 66.2 cm³/mol. The smallest absolute Gasteiger partial charge is 0.361 e. The number of halogens is 3. The second-order valence-corrected chi connectivity index (χ2v) is 4.85. The van der Waals surface area contributed by atoms with Gasteiger partial charge in [-0.1, -0.05) is 0 Å². The largest absolute Gasteiger partial charge is 0.417 e. The highest BCUT2D eigenvalue weighted by atomic mass is 19.4. The summed E-state index contributed by atoms with van der Waals surface area (Å²) in [6.07, 6.45) is -3.84. The molecule has 0 spiro atoms. The minimum Gasteiger partial charge on any atom is -0.361 e. The van der Waals surface area contributed by atoms with Crippen molar-refractivity contribution in [3.8, 4) is 0 Å². The molecule has 106 valence electrons. The fourth-order valence-corrected chi connectivity index (χ4v) is 2.53. The van der Waals surface area contributed by atoms with Gasteiger partial charge in [0.1, 0.15) is 5.82 Å². The summed E-state index contributed by atoms with van der Waals surface area (Å²) < 4.78 is 40.6. The third kappa shape index (κ3) is 2.34. The number of rotatable bonds is 1. The maximum Gasteiger partial charge on any atom is 0.417 e. The van der Waals surface area contributed by atoms with Gasteiger partial charge in [-0.15, -0.1) is 0 Å². The molecule has 1 aliphatic heterocycles. The number of hydrogen-bond donors (Lipinski definition) is 1. The maximum absolute atomic E-state index is 13.1. The number of fused-ring (bicyclic) bond motifs is 1. The molecule has 0 aliphatic carbocycles. The second kappa shape index (κ2) is 4.56. The van der Waals surface area contributed by atoms with E-state index in [4.69, 9.17) is 5.73 Å². The third-order valence-corrected chi connectivity index (χ3v) is 3.32. The Bertz CT molecular complexity index is 548. The Kier molecular flexibility index (Phi) is 3.34. The zero-order valence-electron chi connectivity index (χ0n) is 10.8. The van der Waals surface area contributed by atoms with Gasteiger partial charge in [0.05, 0.1) is 5.56 Å². The summed E-state index contributed by atoms with van der Waals surface area (Å²) in [5, 5.41) is 0. The highest BCUT2D eigenvalue weighted by molar-refractivity contribution is 5.54. The average Bonchev–Trinajstić information content (AvgIpc) is 2.28. The van der Waals surface area contributed by atoms with Gasteiger partial charge in [-0.05, 0) is 13.3 Å². The van der Waals surface area contributed by atoms with Crippen LogP contribution in [-0.2, 0) is 12.7 Å². The minimum absolute atomic E-state index is 0.00528. The van der Waals surface area contributed by atoms with Crippen molar-refractivity contribution in [3.63, 3.8) is 0 Å². The van der Waals surface area contributed by atoms with Crippen LogP contribution < -0.4 is 16.2 Å². The van der Waals surface area contributed by atoms with E-state index in [-0.39, 0.29) is 5.56 Å². The number of aromatic nitrogens is 1. The molecule has 1 unspecified atom stereocenters. The summed E-state index contributed by atoms with van der Waals surface area (Å²) in [7, 11) is 1.68. The van der Waals surface area contributed by atoms with E-state index < -0.39 is 23.3 Å². The first-order valence-electron chi connectivity index (χ1n) is 6.05. The van der Waals surface area contributed by atoms with Crippen LogP contribution in [0.25, 0.3) is 0 Å². The van der Waals surface area contributed by atoms with E-state index in [1.165, 1.54) is 11.5 Å². The topological polar surface area (TPSA) is 51.3 Å². The molecular weight excluding hydrogens is 259 g/mol. The zero-order valence-corrected chi connectivity index (χ0v) is 10.8. The molecule has 2 rings (SSSR count). The highest BCUT2D eigenvalue weighted by Crippen LogP contribution is 2.38. The van der Waals surface area contributed by atoms with Crippen LogP contribution in [0.15, 0.2) is 10.9 Å². The highest BCUT2D eigenvalue weighted by Gasteiger charge is 2.38. The molecule has 1 aliphatic rings. The number of pyridine rings is 1. The van der Waals surface area contributed by atoms with Crippen LogP contribution in [0.3, 0.4) is 0 Å². The summed E-state index contributed by atoms with van der Waals surface area (Å²) in [5.41, 5.74) is 4.15. The Morgan fingerprint density at radius 3 is 2.53 bits per heavy atom. The second-order valence-electron chi connectivity index (χ2n) is 4.85. The Balaban J connectivity index is 2.82. The van der Waals surface area contributed by atoms with E-state index in [2.05, 4.69) is 0 Å². The molecule has 1 aromatic rings. The van der Waals surface area contributed by atoms with E-state index in [1.54, 1.807) is 11.9 Å². The van der Waals surface area contributed by atoms with Gasteiger partial charge < -0.3 is 10.6 Å². The van der Waals surface area contributed by atoms with Crippen LogP contribution in [0, 0.1) is 0 Å². The first-order valence-corrected chi connectivity index (χ1v) is 6.05. The Hall–Kier alpha value is -1.50. The average molecular weight is 275 g/mol. The van der Waals surface area contributed by atoms with Crippen molar-refractivity contribution in [2.45, 2.75) is 32.1 Å². The van der Waals surface area contributed by atoms with Crippen LogP contribution in [0.2, 0.25) is 0 Å². The molecule has 2 N–H and O–H groups in total. The van der Waals surface area contributed by atoms with Crippen molar-refractivity contribution in [1.82, 2.24) is 4.57 Å². The normalized spacial score (nSPS) is 17.3. The first kappa shape index (κ1) is 13.9. The van der Waals surface area contributed by atoms with E-state index in [0.29, 0.717) is 25.0 Å². The number of nitrogens with zero attached hydrogens (tertiary/aromatic N) is 2. The van der Waals surface area contributed by atoms with Gasteiger partial charge in [-0.2, -0.15) is 13.2 Å². The molecule has 0 aromatic carbocycles. The van der Waals surface area contributed by atoms with Gasteiger partial charge in [0.2, 0.25) is 0 Å². The summed E-state index contributed by atoms with van der Waals surface area (Å²) >= 11 is 0. The van der Waals surface area contributed by atoms with Gasteiger partial charge in [0.25, 0.3) is 5.56 Å². The molecule has 1 aromatic heterocycles. The van der Waals surface area contributed by atoms with Gasteiger partial charge in [-0.25, -0.2) is 0 Å². The fourth-order valence-electron chi connectivity index (χ4n) is 2.53. The molecule has 7 heteroatoms. The van der Waals surface area contributed by atoms with E-state index >= 15 is 0 Å². The van der Waals surface area contributed by atoms with Crippen LogP contribution in [0.1, 0.15) is 30.5 Å². The van der Waals surface area contributed by atoms with Crippen LogP contribution in [-0.4, -0.2) is 18.2 Å². The van der Waals surface area contributed by atoms with Crippen molar-refractivity contribution < 1.29 is 13.2 Å². The lowest BCUT2D eigenvalue weighted by molar-refractivity contribution is -0.138.